The zero-order valence-corrected chi connectivity index (χ0v) is 19.3. The predicted molar refractivity (Wildman–Crippen MR) is 134 cm³/mol. The third-order valence-corrected chi connectivity index (χ3v) is 5.76. The van der Waals surface area contributed by atoms with Crippen molar-refractivity contribution in [3.63, 3.8) is 0 Å². The van der Waals surface area contributed by atoms with Crippen LogP contribution in [0.25, 0.3) is 33.2 Å². The second-order valence-electron chi connectivity index (χ2n) is 9.29. The van der Waals surface area contributed by atoms with Gasteiger partial charge in [-0.1, -0.05) is 63.2 Å². The van der Waals surface area contributed by atoms with Gasteiger partial charge in [-0.05, 0) is 47.7 Å². The maximum Gasteiger partial charge on any atom is 0.157 e. The number of benzene rings is 3. The van der Waals surface area contributed by atoms with E-state index in [0.717, 1.165) is 44.1 Å². The summed E-state index contributed by atoms with van der Waals surface area (Å²) < 4.78 is 6.30. The fourth-order valence-corrected chi connectivity index (χ4v) is 3.85. The Morgan fingerprint density at radius 1 is 0.848 bits per heavy atom. The minimum Gasteiger partial charge on any atom is -0.456 e. The van der Waals surface area contributed by atoms with Gasteiger partial charge < -0.3 is 4.42 Å². The number of para-hydroxylation sites is 1. The van der Waals surface area contributed by atoms with Crippen LogP contribution in [0.4, 0.5) is 5.82 Å². The molecule has 0 aliphatic rings. The standard InChI is InChI=1S/C28H26N4O/c1-18-9-14-21-24(31-32-27-22-7-5-6-8-23(22)29-17-30-27)16-25(33-26(21)15-18)19-10-12-20(13-11-19)28(2,3)4/h5-17H,1-4H3,(H,29,30,32)/b31-24+. The van der Waals surface area contributed by atoms with Crippen LogP contribution >= 0.6 is 0 Å². The van der Waals surface area contributed by atoms with E-state index in [9.17, 15) is 0 Å². The van der Waals surface area contributed by atoms with Crippen LogP contribution in [0.5, 0.6) is 0 Å². The van der Waals surface area contributed by atoms with Crippen molar-refractivity contribution in [2.75, 3.05) is 5.43 Å². The summed E-state index contributed by atoms with van der Waals surface area (Å²) in [5.41, 5.74) is 8.33. The predicted octanol–water partition coefficient (Wildman–Crippen LogP) is 6.58. The summed E-state index contributed by atoms with van der Waals surface area (Å²) >= 11 is 0. The summed E-state index contributed by atoms with van der Waals surface area (Å²) in [6.45, 7) is 8.70. The van der Waals surface area contributed by atoms with E-state index in [0.29, 0.717) is 5.82 Å². The minimum absolute atomic E-state index is 0.0981. The molecule has 2 aromatic heterocycles. The number of hydrogen-bond acceptors (Lipinski definition) is 5. The molecule has 33 heavy (non-hydrogen) atoms. The van der Waals surface area contributed by atoms with Gasteiger partial charge >= 0.3 is 0 Å². The average molecular weight is 435 g/mol. The molecule has 5 rings (SSSR count). The first-order valence-electron chi connectivity index (χ1n) is 11.0. The number of nitrogens with one attached hydrogen (secondary N) is 1. The lowest BCUT2D eigenvalue weighted by molar-refractivity contribution is 0.589. The van der Waals surface area contributed by atoms with Gasteiger partial charge in [0.2, 0.25) is 0 Å². The second-order valence-corrected chi connectivity index (χ2v) is 9.29. The molecule has 0 spiro atoms. The van der Waals surface area contributed by atoms with Gasteiger partial charge in [0.05, 0.1) is 10.9 Å². The molecule has 0 aliphatic carbocycles. The summed E-state index contributed by atoms with van der Waals surface area (Å²) in [6, 6.07) is 24.5. The topological polar surface area (TPSA) is 63.3 Å². The number of hydrogen-bond donors (Lipinski definition) is 1. The summed E-state index contributed by atoms with van der Waals surface area (Å²) in [6.07, 6.45) is 1.55. The number of fused-ring (bicyclic) bond motifs is 2. The van der Waals surface area contributed by atoms with E-state index < -0.39 is 0 Å². The Labute approximate surface area is 192 Å². The number of nitrogens with zero attached hydrogens (tertiary/aromatic N) is 3. The second kappa shape index (κ2) is 8.17. The van der Waals surface area contributed by atoms with Crippen molar-refractivity contribution >= 4 is 27.7 Å². The van der Waals surface area contributed by atoms with Crippen molar-refractivity contribution in [1.82, 2.24) is 9.97 Å². The zero-order chi connectivity index (χ0) is 23.0. The molecular formula is C28H26N4O. The monoisotopic (exact) mass is 434 g/mol. The Balaban J connectivity index is 1.63. The molecular weight excluding hydrogens is 408 g/mol. The van der Waals surface area contributed by atoms with Gasteiger partial charge in [0.15, 0.2) is 5.82 Å². The molecule has 1 N–H and O–H groups in total. The van der Waals surface area contributed by atoms with E-state index in [1.54, 1.807) is 6.33 Å². The van der Waals surface area contributed by atoms with Crippen molar-refractivity contribution in [1.29, 1.82) is 0 Å². The number of aromatic nitrogens is 2. The quantitative estimate of drug-likeness (QED) is 0.326. The Hall–Kier alpha value is -3.99. The van der Waals surface area contributed by atoms with Crippen LogP contribution in [0.1, 0.15) is 31.9 Å². The lowest BCUT2D eigenvalue weighted by Gasteiger charge is -2.19. The lowest BCUT2D eigenvalue weighted by atomic mass is 9.86. The normalized spacial score (nSPS) is 12.4. The first-order valence-corrected chi connectivity index (χ1v) is 11.0. The highest BCUT2D eigenvalue weighted by molar-refractivity contribution is 5.88. The highest BCUT2D eigenvalue weighted by Crippen LogP contribution is 2.27. The summed E-state index contributed by atoms with van der Waals surface area (Å²) in [5.74, 6) is 1.43. The van der Waals surface area contributed by atoms with Gasteiger partial charge in [-0.25, -0.2) is 9.97 Å². The molecule has 0 unspecified atom stereocenters. The first kappa shape index (κ1) is 20.9. The van der Waals surface area contributed by atoms with Gasteiger partial charge in [0.25, 0.3) is 0 Å². The Morgan fingerprint density at radius 2 is 1.64 bits per heavy atom. The Bertz CT molecular complexity index is 1520. The van der Waals surface area contributed by atoms with Gasteiger partial charge in [-0.2, -0.15) is 5.10 Å². The SMILES string of the molecule is Cc1ccc2/c(=N/Nc3ncnc4ccccc34)cc(-c3ccc(C(C)(C)C)cc3)oc2c1. The third-order valence-electron chi connectivity index (χ3n) is 5.76. The van der Waals surface area contributed by atoms with Gasteiger partial charge in [-0.15, -0.1) is 0 Å². The summed E-state index contributed by atoms with van der Waals surface area (Å²) in [5, 5.41) is 7.36. The molecule has 0 saturated heterocycles. The molecule has 3 aromatic carbocycles. The maximum absolute atomic E-state index is 6.30. The molecule has 5 nitrogen and oxygen atoms in total. The number of anilines is 1. The molecule has 0 fully saturated rings. The molecule has 0 radical (unpaired) electrons. The highest BCUT2D eigenvalue weighted by Gasteiger charge is 2.14. The average Bonchev–Trinajstić information content (AvgIpc) is 2.81. The fourth-order valence-electron chi connectivity index (χ4n) is 3.85. The molecule has 5 aromatic rings. The van der Waals surface area contributed by atoms with E-state index in [2.05, 4.69) is 73.4 Å². The van der Waals surface area contributed by atoms with Crippen LogP contribution < -0.4 is 10.8 Å². The van der Waals surface area contributed by atoms with Crippen LogP contribution in [0.3, 0.4) is 0 Å². The van der Waals surface area contributed by atoms with Crippen LogP contribution in [0, 0.1) is 6.92 Å². The summed E-state index contributed by atoms with van der Waals surface area (Å²) in [4.78, 5) is 8.72. The summed E-state index contributed by atoms with van der Waals surface area (Å²) in [7, 11) is 0. The highest BCUT2D eigenvalue weighted by atomic mass is 16.3. The van der Waals surface area contributed by atoms with Crippen LogP contribution in [-0.2, 0) is 5.41 Å². The van der Waals surface area contributed by atoms with Crippen molar-refractivity contribution < 1.29 is 4.42 Å². The minimum atomic E-state index is 0.0981. The van der Waals surface area contributed by atoms with Crippen LogP contribution in [0.15, 0.2) is 88.6 Å². The van der Waals surface area contributed by atoms with Gasteiger partial charge in [-0.3, -0.25) is 5.43 Å². The van der Waals surface area contributed by atoms with Crippen LogP contribution in [0.2, 0.25) is 0 Å². The lowest BCUT2D eigenvalue weighted by Crippen LogP contribution is -2.10. The molecule has 0 saturated carbocycles. The zero-order valence-electron chi connectivity index (χ0n) is 19.3. The molecule has 0 amide bonds. The Kier molecular flexibility index (Phi) is 5.17. The van der Waals surface area contributed by atoms with Crippen molar-refractivity contribution in [2.24, 2.45) is 5.10 Å². The Morgan fingerprint density at radius 3 is 2.42 bits per heavy atom. The molecule has 2 heterocycles. The smallest absolute Gasteiger partial charge is 0.157 e. The molecule has 164 valence electrons. The first-order chi connectivity index (χ1) is 15.9. The molecule has 0 aliphatic heterocycles. The fraction of sp³-hybridized carbons (Fsp3) is 0.179. The van der Waals surface area contributed by atoms with Crippen molar-refractivity contribution in [3.05, 3.63) is 95.6 Å². The third kappa shape index (κ3) is 4.22. The molecule has 0 bridgehead atoms. The van der Waals surface area contributed by atoms with E-state index in [-0.39, 0.29) is 5.41 Å². The number of rotatable bonds is 3. The van der Waals surface area contributed by atoms with E-state index >= 15 is 0 Å². The van der Waals surface area contributed by atoms with Crippen molar-refractivity contribution in [3.8, 4) is 11.3 Å². The van der Waals surface area contributed by atoms with Gasteiger partial charge in [0.1, 0.15) is 17.7 Å². The molecule has 0 atom stereocenters. The number of aryl methyl sites for hydroxylation is 1. The maximum atomic E-state index is 6.30. The largest absolute Gasteiger partial charge is 0.456 e. The van der Waals surface area contributed by atoms with Gasteiger partial charge in [0, 0.05) is 22.4 Å². The van der Waals surface area contributed by atoms with Crippen LogP contribution in [-0.4, -0.2) is 9.97 Å². The van der Waals surface area contributed by atoms with E-state index in [1.165, 1.54) is 5.56 Å². The van der Waals surface area contributed by atoms with E-state index in [4.69, 9.17) is 9.52 Å². The van der Waals surface area contributed by atoms with Crippen molar-refractivity contribution in [2.45, 2.75) is 33.1 Å². The van der Waals surface area contributed by atoms with E-state index in [1.807, 2.05) is 42.5 Å². The molecule has 5 heteroatoms.